The summed E-state index contributed by atoms with van der Waals surface area (Å²) in [6.45, 7) is -0.117. The third-order valence-electron chi connectivity index (χ3n) is 2.92. The smallest absolute Gasteiger partial charge is 0.335 e. The van der Waals surface area contributed by atoms with Crippen LogP contribution in [-0.4, -0.2) is 57.5 Å². The monoisotopic (exact) mass is 269 g/mol. The largest absolute Gasteiger partial charge is 0.478 e. The van der Waals surface area contributed by atoms with E-state index in [1.807, 2.05) is 0 Å². The highest BCUT2D eigenvalue weighted by Gasteiger charge is 2.37. The maximum Gasteiger partial charge on any atom is 0.335 e. The zero-order valence-corrected chi connectivity index (χ0v) is 9.93. The number of aliphatic hydroxyl groups is 3. The Kier molecular flexibility index (Phi) is 4.01. The number of rotatable bonds is 3. The van der Waals surface area contributed by atoms with Crippen LogP contribution in [0.5, 0.6) is 0 Å². The molecule has 1 aliphatic heterocycles. The van der Waals surface area contributed by atoms with Crippen molar-refractivity contribution in [1.29, 1.82) is 0 Å². The Morgan fingerprint density at radius 2 is 2.00 bits per heavy atom. The molecule has 7 nitrogen and oxygen atoms in total. The van der Waals surface area contributed by atoms with Gasteiger partial charge in [-0.1, -0.05) is 6.07 Å². The van der Waals surface area contributed by atoms with E-state index < -0.39 is 30.5 Å². The van der Waals surface area contributed by atoms with E-state index >= 15 is 0 Å². The van der Waals surface area contributed by atoms with Crippen LogP contribution >= 0.6 is 0 Å². The van der Waals surface area contributed by atoms with Gasteiger partial charge in [0.2, 0.25) is 0 Å². The zero-order valence-electron chi connectivity index (χ0n) is 9.93. The van der Waals surface area contributed by atoms with Gasteiger partial charge in [-0.3, -0.25) is 0 Å². The SMILES string of the molecule is O=C(O)c1cccc(N[C@@H]2OC[C@@H](O)[C@@H](O)[C@H]2O)c1. The van der Waals surface area contributed by atoms with Crippen LogP contribution in [0, 0.1) is 0 Å². The molecule has 1 heterocycles. The molecular weight excluding hydrogens is 254 g/mol. The first-order chi connectivity index (χ1) is 8.99. The predicted octanol–water partition coefficient (Wildman–Crippen LogP) is -0.764. The third-order valence-corrected chi connectivity index (χ3v) is 2.92. The summed E-state index contributed by atoms with van der Waals surface area (Å²) in [5, 5.41) is 40.2. The quantitative estimate of drug-likeness (QED) is 0.489. The van der Waals surface area contributed by atoms with Gasteiger partial charge in [0.15, 0.2) is 6.23 Å². The number of ether oxygens (including phenoxy) is 1. The number of hydrogen-bond donors (Lipinski definition) is 5. The van der Waals surface area contributed by atoms with Crippen LogP contribution in [0.1, 0.15) is 10.4 Å². The van der Waals surface area contributed by atoms with Crippen LogP contribution in [0.4, 0.5) is 5.69 Å². The highest BCUT2D eigenvalue weighted by atomic mass is 16.5. The first-order valence-electron chi connectivity index (χ1n) is 5.74. The second kappa shape index (κ2) is 5.54. The van der Waals surface area contributed by atoms with Crippen molar-refractivity contribution in [2.24, 2.45) is 0 Å². The fourth-order valence-corrected chi connectivity index (χ4v) is 1.84. The number of benzene rings is 1. The van der Waals surface area contributed by atoms with Crippen molar-refractivity contribution >= 4 is 11.7 Å². The van der Waals surface area contributed by atoms with Crippen molar-refractivity contribution in [3.63, 3.8) is 0 Å². The third kappa shape index (κ3) is 3.02. The van der Waals surface area contributed by atoms with Crippen molar-refractivity contribution < 1.29 is 30.0 Å². The molecule has 0 aliphatic carbocycles. The molecule has 0 spiro atoms. The summed E-state index contributed by atoms with van der Waals surface area (Å²) in [4.78, 5) is 10.8. The molecule has 104 valence electrons. The average molecular weight is 269 g/mol. The van der Waals surface area contributed by atoms with Crippen molar-refractivity contribution in [3.8, 4) is 0 Å². The Morgan fingerprint density at radius 1 is 1.26 bits per heavy atom. The Hall–Kier alpha value is -1.67. The van der Waals surface area contributed by atoms with E-state index in [1.54, 1.807) is 12.1 Å². The molecule has 0 saturated carbocycles. The van der Waals surface area contributed by atoms with Gasteiger partial charge in [-0.2, -0.15) is 0 Å². The van der Waals surface area contributed by atoms with Gasteiger partial charge in [0, 0.05) is 5.69 Å². The first kappa shape index (κ1) is 13.8. The van der Waals surface area contributed by atoms with Gasteiger partial charge < -0.3 is 30.5 Å². The van der Waals surface area contributed by atoms with E-state index in [0.29, 0.717) is 5.69 Å². The molecule has 1 aromatic carbocycles. The molecule has 0 radical (unpaired) electrons. The van der Waals surface area contributed by atoms with Crippen molar-refractivity contribution in [1.82, 2.24) is 0 Å². The second-order valence-corrected chi connectivity index (χ2v) is 4.33. The van der Waals surface area contributed by atoms with Gasteiger partial charge in [0.25, 0.3) is 0 Å². The molecule has 0 amide bonds. The molecule has 4 atom stereocenters. The van der Waals surface area contributed by atoms with Crippen LogP contribution in [-0.2, 0) is 4.74 Å². The standard InChI is InChI=1S/C12H15NO6/c14-8-5-19-11(10(16)9(8)15)13-7-3-1-2-6(4-7)12(17)18/h1-4,8-11,13-16H,5H2,(H,17,18)/t8-,9-,10-,11-/m1/s1. The van der Waals surface area contributed by atoms with Gasteiger partial charge in [-0.05, 0) is 18.2 Å². The van der Waals surface area contributed by atoms with Crippen LogP contribution in [0.2, 0.25) is 0 Å². The molecule has 0 aromatic heterocycles. The van der Waals surface area contributed by atoms with Gasteiger partial charge in [-0.15, -0.1) is 0 Å². The summed E-state index contributed by atoms with van der Waals surface area (Å²) in [6, 6.07) is 5.98. The number of anilines is 1. The van der Waals surface area contributed by atoms with Gasteiger partial charge in [-0.25, -0.2) is 4.79 Å². The second-order valence-electron chi connectivity index (χ2n) is 4.33. The lowest BCUT2D eigenvalue weighted by Gasteiger charge is -2.35. The molecule has 1 fully saturated rings. The van der Waals surface area contributed by atoms with Crippen molar-refractivity contribution in [2.45, 2.75) is 24.5 Å². The predicted molar refractivity (Wildman–Crippen MR) is 64.8 cm³/mol. The van der Waals surface area contributed by atoms with Crippen LogP contribution in [0.25, 0.3) is 0 Å². The van der Waals surface area contributed by atoms with E-state index in [0.717, 1.165) is 0 Å². The molecule has 1 aromatic rings. The summed E-state index contributed by atoms with van der Waals surface area (Å²) < 4.78 is 5.16. The topological polar surface area (TPSA) is 119 Å². The number of nitrogens with one attached hydrogen (secondary N) is 1. The van der Waals surface area contributed by atoms with Gasteiger partial charge in [0.05, 0.1) is 12.2 Å². The minimum absolute atomic E-state index is 0.0934. The van der Waals surface area contributed by atoms with E-state index in [1.165, 1.54) is 12.1 Å². The molecular formula is C12H15NO6. The molecule has 19 heavy (non-hydrogen) atoms. The molecule has 0 unspecified atom stereocenters. The number of hydrogen-bond acceptors (Lipinski definition) is 6. The molecule has 0 bridgehead atoms. The Bertz CT molecular complexity index is 465. The van der Waals surface area contributed by atoms with Crippen molar-refractivity contribution in [3.05, 3.63) is 29.8 Å². The number of carboxylic acids is 1. The lowest BCUT2D eigenvalue weighted by molar-refractivity contribution is -0.178. The Balaban J connectivity index is 2.09. The zero-order chi connectivity index (χ0) is 14.0. The minimum Gasteiger partial charge on any atom is -0.478 e. The number of carbonyl (C=O) groups is 1. The first-order valence-corrected chi connectivity index (χ1v) is 5.74. The number of aromatic carboxylic acids is 1. The molecule has 7 heteroatoms. The van der Waals surface area contributed by atoms with Crippen LogP contribution in [0.3, 0.4) is 0 Å². The van der Waals surface area contributed by atoms with E-state index in [2.05, 4.69) is 5.32 Å². The van der Waals surface area contributed by atoms with E-state index in [4.69, 9.17) is 9.84 Å². The lowest BCUT2D eigenvalue weighted by atomic mass is 10.0. The Morgan fingerprint density at radius 3 is 2.68 bits per heavy atom. The maximum absolute atomic E-state index is 10.8. The van der Waals surface area contributed by atoms with Crippen LogP contribution in [0.15, 0.2) is 24.3 Å². The fourth-order valence-electron chi connectivity index (χ4n) is 1.84. The van der Waals surface area contributed by atoms with E-state index in [-0.39, 0.29) is 12.2 Å². The fraction of sp³-hybridized carbons (Fsp3) is 0.417. The van der Waals surface area contributed by atoms with Gasteiger partial charge >= 0.3 is 5.97 Å². The lowest BCUT2D eigenvalue weighted by Crippen LogP contribution is -2.55. The molecule has 1 aliphatic rings. The summed E-state index contributed by atoms with van der Waals surface area (Å²) >= 11 is 0. The highest BCUT2D eigenvalue weighted by molar-refractivity contribution is 5.88. The summed E-state index contributed by atoms with van der Waals surface area (Å²) in [5.41, 5.74) is 0.531. The highest BCUT2D eigenvalue weighted by Crippen LogP contribution is 2.19. The van der Waals surface area contributed by atoms with E-state index in [9.17, 15) is 20.1 Å². The normalized spacial score (nSPS) is 30.9. The molecule has 5 N–H and O–H groups in total. The molecule has 1 saturated heterocycles. The van der Waals surface area contributed by atoms with Crippen LogP contribution < -0.4 is 5.32 Å². The Labute approximate surface area is 109 Å². The molecule has 2 rings (SSSR count). The maximum atomic E-state index is 10.8. The van der Waals surface area contributed by atoms with Gasteiger partial charge in [0.1, 0.15) is 18.3 Å². The summed E-state index contributed by atoms with van der Waals surface area (Å²) in [7, 11) is 0. The number of carboxylic acid groups (broad SMARTS) is 1. The van der Waals surface area contributed by atoms with Crippen molar-refractivity contribution in [2.75, 3.05) is 11.9 Å². The summed E-state index contributed by atoms with van der Waals surface area (Å²) in [6.07, 6.45) is -4.67. The minimum atomic E-state index is -1.31. The summed E-state index contributed by atoms with van der Waals surface area (Å²) in [5.74, 6) is -1.07. The number of aliphatic hydroxyl groups excluding tert-OH is 3. The average Bonchev–Trinajstić information content (AvgIpc) is 2.40.